The molecule has 1 saturated carbocycles. The smallest absolute Gasteiger partial charge is 0.0198 e. The number of nitrogens with zero attached hydrogens (tertiary/aromatic N) is 1. The van der Waals surface area contributed by atoms with Crippen LogP contribution in [0.1, 0.15) is 59.8 Å². The molecule has 0 aromatic rings. The van der Waals surface area contributed by atoms with Gasteiger partial charge in [-0.15, -0.1) is 0 Å². The SMILES string of the molecule is CCCC1CC(NCC(C)(C)C)CN(C2CC2)C1. The highest BCUT2D eigenvalue weighted by molar-refractivity contribution is 4.92. The van der Waals surface area contributed by atoms with Crippen LogP contribution in [0.15, 0.2) is 0 Å². The van der Waals surface area contributed by atoms with E-state index in [1.165, 1.54) is 45.2 Å². The second-order valence-electron chi connectivity index (χ2n) is 7.71. The molecule has 0 amide bonds. The Balaban J connectivity index is 1.84. The van der Waals surface area contributed by atoms with Crippen molar-refractivity contribution in [3.05, 3.63) is 0 Å². The van der Waals surface area contributed by atoms with Gasteiger partial charge in [-0.3, -0.25) is 4.90 Å². The molecule has 0 radical (unpaired) electrons. The molecule has 0 aromatic heterocycles. The largest absolute Gasteiger partial charge is 0.312 e. The van der Waals surface area contributed by atoms with Crippen LogP contribution in [-0.4, -0.2) is 36.6 Å². The second-order valence-corrected chi connectivity index (χ2v) is 7.71. The van der Waals surface area contributed by atoms with E-state index in [0.29, 0.717) is 5.41 Å². The molecule has 1 aliphatic heterocycles. The summed E-state index contributed by atoms with van der Waals surface area (Å²) < 4.78 is 0. The van der Waals surface area contributed by atoms with Crippen LogP contribution in [0.5, 0.6) is 0 Å². The molecule has 1 N–H and O–H groups in total. The molecule has 2 heteroatoms. The van der Waals surface area contributed by atoms with Crippen LogP contribution < -0.4 is 5.32 Å². The van der Waals surface area contributed by atoms with E-state index in [4.69, 9.17) is 0 Å². The summed E-state index contributed by atoms with van der Waals surface area (Å²) in [5.41, 5.74) is 0.405. The third kappa shape index (κ3) is 4.55. The fourth-order valence-corrected chi connectivity index (χ4v) is 3.19. The molecule has 1 heterocycles. The van der Waals surface area contributed by atoms with E-state index in [9.17, 15) is 0 Å². The lowest BCUT2D eigenvalue weighted by molar-refractivity contribution is 0.123. The van der Waals surface area contributed by atoms with E-state index in [0.717, 1.165) is 24.5 Å². The maximum absolute atomic E-state index is 3.82. The molecular weight excluding hydrogens is 220 g/mol. The zero-order chi connectivity index (χ0) is 13.2. The summed E-state index contributed by atoms with van der Waals surface area (Å²) in [4.78, 5) is 2.77. The third-order valence-corrected chi connectivity index (χ3v) is 4.25. The Morgan fingerprint density at radius 2 is 1.89 bits per heavy atom. The minimum Gasteiger partial charge on any atom is -0.312 e. The van der Waals surface area contributed by atoms with Gasteiger partial charge in [-0.2, -0.15) is 0 Å². The first-order valence-corrected chi connectivity index (χ1v) is 7.95. The topological polar surface area (TPSA) is 15.3 Å². The van der Waals surface area contributed by atoms with Crippen molar-refractivity contribution in [2.24, 2.45) is 11.3 Å². The predicted molar refractivity (Wildman–Crippen MR) is 78.9 cm³/mol. The van der Waals surface area contributed by atoms with Gasteiger partial charge in [0.15, 0.2) is 0 Å². The van der Waals surface area contributed by atoms with Crippen molar-refractivity contribution < 1.29 is 0 Å². The van der Waals surface area contributed by atoms with Gasteiger partial charge in [-0.25, -0.2) is 0 Å². The lowest BCUT2D eigenvalue weighted by Gasteiger charge is -2.39. The molecule has 18 heavy (non-hydrogen) atoms. The molecule has 106 valence electrons. The normalized spacial score (nSPS) is 30.7. The number of hydrogen-bond acceptors (Lipinski definition) is 2. The molecule has 2 nitrogen and oxygen atoms in total. The van der Waals surface area contributed by atoms with Gasteiger partial charge in [0.2, 0.25) is 0 Å². The summed E-state index contributed by atoms with van der Waals surface area (Å²) in [5.74, 6) is 0.932. The van der Waals surface area contributed by atoms with Crippen LogP contribution in [0, 0.1) is 11.3 Å². The van der Waals surface area contributed by atoms with Crippen LogP contribution in [0.2, 0.25) is 0 Å². The Labute approximate surface area is 114 Å². The zero-order valence-corrected chi connectivity index (χ0v) is 12.8. The van der Waals surface area contributed by atoms with E-state index in [-0.39, 0.29) is 0 Å². The summed E-state index contributed by atoms with van der Waals surface area (Å²) in [6.07, 6.45) is 7.05. The minimum absolute atomic E-state index is 0.405. The standard InChI is InChI=1S/C16H32N2/c1-5-6-13-9-14(17-12-16(2,3)4)11-18(10-13)15-7-8-15/h13-15,17H,5-12H2,1-4H3. The lowest BCUT2D eigenvalue weighted by atomic mass is 9.89. The summed E-state index contributed by atoms with van der Waals surface area (Å²) >= 11 is 0. The average Bonchev–Trinajstić information content (AvgIpc) is 3.09. The van der Waals surface area contributed by atoms with Crippen molar-refractivity contribution in [2.45, 2.75) is 71.9 Å². The van der Waals surface area contributed by atoms with Gasteiger partial charge in [-0.05, 0) is 37.0 Å². The Morgan fingerprint density at radius 1 is 1.17 bits per heavy atom. The highest BCUT2D eigenvalue weighted by atomic mass is 15.2. The average molecular weight is 252 g/mol. The number of piperidine rings is 1. The number of nitrogens with one attached hydrogen (secondary N) is 1. The summed E-state index contributed by atoms with van der Waals surface area (Å²) in [6.45, 7) is 13.1. The quantitative estimate of drug-likeness (QED) is 0.808. The first-order chi connectivity index (χ1) is 8.48. The Morgan fingerprint density at radius 3 is 2.44 bits per heavy atom. The van der Waals surface area contributed by atoms with Gasteiger partial charge in [-0.1, -0.05) is 34.1 Å². The molecule has 1 aliphatic carbocycles. The van der Waals surface area contributed by atoms with Crippen LogP contribution in [0.4, 0.5) is 0 Å². The van der Waals surface area contributed by atoms with E-state index in [1.807, 2.05) is 0 Å². The predicted octanol–water partition coefficient (Wildman–Crippen LogP) is 3.28. The molecule has 0 spiro atoms. The van der Waals surface area contributed by atoms with Gasteiger partial charge in [0, 0.05) is 31.7 Å². The van der Waals surface area contributed by atoms with Crippen molar-refractivity contribution >= 4 is 0 Å². The van der Waals surface area contributed by atoms with Crippen LogP contribution in [-0.2, 0) is 0 Å². The van der Waals surface area contributed by atoms with Gasteiger partial charge in [0.1, 0.15) is 0 Å². The van der Waals surface area contributed by atoms with Crippen LogP contribution >= 0.6 is 0 Å². The monoisotopic (exact) mass is 252 g/mol. The van der Waals surface area contributed by atoms with E-state index >= 15 is 0 Å². The number of likely N-dealkylation sites (tertiary alicyclic amines) is 1. The Bertz CT molecular complexity index is 252. The van der Waals surface area contributed by atoms with Crippen LogP contribution in [0.3, 0.4) is 0 Å². The summed E-state index contributed by atoms with van der Waals surface area (Å²) in [7, 11) is 0. The molecule has 0 bridgehead atoms. The van der Waals surface area contributed by atoms with Crippen LogP contribution in [0.25, 0.3) is 0 Å². The third-order valence-electron chi connectivity index (χ3n) is 4.25. The minimum atomic E-state index is 0.405. The van der Waals surface area contributed by atoms with Crippen molar-refractivity contribution in [1.29, 1.82) is 0 Å². The lowest BCUT2D eigenvalue weighted by Crippen LogP contribution is -2.51. The van der Waals surface area contributed by atoms with Gasteiger partial charge in [0.05, 0.1) is 0 Å². The zero-order valence-electron chi connectivity index (χ0n) is 12.8. The van der Waals surface area contributed by atoms with Gasteiger partial charge in [0.25, 0.3) is 0 Å². The summed E-state index contributed by atoms with van der Waals surface area (Å²) in [6, 6.07) is 1.67. The summed E-state index contributed by atoms with van der Waals surface area (Å²) in [5, 5.41) is 3.82. The molecule has 2 aliphatic rings. The van der Waals surface area contributed by atoms with E-state index in [2.05, 4.69) is 37.9 Å². The Hall–Kier alpha value is -0.0800. The maximum Gasteiger partial charge on any atom is 0.0198 e. The maximum atomic E-state index is 3.82. The van der Waals surface area contributed by atoms with Crippen molar-refractivity contribution in [1.82, 2.24) is 10.2 Å². The molecule has 2 rings (SSSR count). The fourth-order valence-electron chi connectivity index (χ4n) is 3.19. The molecular formula is C16H32N2. The number of hydrogen-bond donors (Lipinski definition) is 1. The molecule has 2 atom stereocenters. The highest BCUT2D eigenvalue weighted by Gasteiger charge is 2.35. The molecule has 0 aromatic carbocycles. The highest BCUT2D eigenvalue weighted by Crippen LogP contribution is 2.32. The van der Waals surface area contributed by atoms with Crippen molar-refractivity contribution in [3.8, 4) is 0 Å². The number of rotatable bonds is 5. The van der Waals surface area contributed by atoms with Crippen molar-refractivity contribution in [2.75, 3.05) is 19.6 Å². The fraction of sp³-hybridized carbons (Fsp3) is 1.00. The molecule has 1 saturated heterocycles. The molecule has 2 unspecified atom stereocenters. The molecule has 2 fully saturated rings. The first-order valence-electron chi connectivity index (χ1n) is 7.95. The van der Waals surface area contributed by atoms with E-state index in [1.54, 1.807) is 0 Å². The van der Waals surface area contributed by atoms with Crippen molar-refractivity contribution in [3.63, 3.8) is 0 Å². The first kappa shape index (κ1) is 14.3. The van der Waals surface area contributed by atoms with E-state index < -0.39 is 0 Å². The Kier molecular flexibility index (Phi) is 4.71. The van der Waals surface area contributed by atoms with Gasteiger partial charge < -0.3 is 5.32 Å². The van der Waals surface area contributed by atoms with Gasteiger partial charge >= 0.3 is 0 Å². The second kappa shape index (κ2) is 5.92.